The van der Waals surface area contributed by atoms with Gasteiger partial charge in [0.2, 0.25) is 0 Å². The van der Waals surface area contributed by atoms with E-state index in [9.17, 15) is 0 Å². The minimum atomic E-state index is -0.615. The summed E-state index contributed by atoms with van der Waals surface area (Å²) in [6.07, 6.45) is 1.42. The van der Waals surface area contributed by atoms with Gasteiger partial charge >= 0.3 is 47.4 Å². The minimum Gasteiger partial charge on any atom is -0.412 e. The first-order valence-electron chi connectivity index (χ1n) is 2.56. The molecule has 0 aliphatic rings. The molecule has 0 heterocycles. The van der Waals surface area contributed by atoms with Crippen molar-refractivity contribution in [2.75, 3.05) is 0 Å². The smallest absolute Gasteiger partial charge is 0.412 e. The van der Waals surface area contributed by atoms with E-state index in [0.717, 1.165) is 0 Å². The molecule has 0 spiro atoms. The van der Waals surface area contributed by atoms with E-state index in [0.29, 0.717) is 0 Å². The zero-order valence-corrected chi connectivity index (χ0v) is 8.27. The predicted octanol–water partition coefficient (Wildman–Crippen LogP) is 1.33. The van der Waals surface area contributed by atoms with Gasteiger partial charge in [-0.15, -0.1) is 0 Å². The van der Waals surface area contributed by atoms with Crippen molar-refractivity contribution in [3.63, 3.8) is 0 Å². The second kappa shape index (κ2) is 6.76. The normalized spacial score (nSPS) is 8.57. The van der Waals surface area contributed by atoms with Gasteiger partial charge in [-0.1, -0.05) is 0 Å². The van der Waals surface area contributed by atoms with E-state index in [4.69, 9.17) is 0 Å². The molecular formula is C5H15OSn. The Kier molecular flexibility index (Phi) is 10.3. The van der Waals surface area contributed by atoms with Crippen molar-refractivity contribution in [1.82, 2.24) is 0 Å². The van der Waals surface area contributed by atoms with E-state index in [1.54, 1.807) is 4.44 Å². The Morgan fingerprint density at radius 2 is 1.71 bits per heavy atom. The van der Waals surface area contributed by atoms with Crippen molar-refractivity contribution in [2.24, 2.45) is 0 Å². The molecular weight excluding hydrogens is 195 g/mol. The van der Waals surface area contributed by atoms with Crippen LogP contribution in [0, 0.1) is 0 Å². The number of hydrogen-bond donors (Lipinski definition) is 0. The van der Waals surface area contributed by atoms with Gasteiger partial charge < -0.3 is 5.48 Å². The molecule has 0 aromatic heterocycles. The maximum absolute atomic E-state index is 2.45. The average molecular weight is 210 g/mol. The molecule has 0 fully saturated rings. The molecule has 0 aromatic carbocycles. The first kappa shape index (κ1) is 10.7. The fourth-order valence-corrected chi connectivity index (χ4v) is 3.35. The average Bonchev–Trinajstić information content (AvgIpc) is 1.35. The van der Waals surface area contributed by atoms with Gasteiger partial charge in [-0.3, -0.25) is 0 Å². The molecule has 0 rings (SSSR count). The maximum atomic E-state index is 2.45. The summed E-state index contributed by atoms with van der Waals surface area (Å²) in [5.41, 5.74) is 0. The number of hydrogen-bond acceptors (Lipinski definition) is 0. The number of rotatable bonds is 2. The molecule has 0 amide bonds. The van der Waals surface area contributed by atoms with Crippen LogP contribution in [0.4, 0.5) is 0 Å². The van der Waals surface area contributed by atoms with Gasteiger partial charge in [-0.25, -0.2) is 0 Å². The van der Waals surface area contributed by atoms with E-state index < -0.39 is 19.8 Å². The summed E-state index contributed by atoms with van der Waals surface area (Å²) in [6, 6.07) is 0. The first-order valence-corrected chi connectivity index (χ1v) is 10.3. The molecule has 2 N–H and O–H groups in total. The predicted molar refractivity (Wildman–Crippen MR) is 36.2 cm³/mol. The second-order valence-corrected chi connectivity index (χ2v) is 10.3. The summed E-state index contributed by atoms with van der Waals surface area (Å²) in [5.74, 6) is 0. The quantitative estimate of drug-likeness (QED) is 0.615. The van der Waals surface area contributed by atoms with Crippen LogP contribution < -0.4 is 0 Å². The van der Waals surface area contributed by atoms with Crippen molar-refractivity contribution >= 4 is 19.8 Å². The van der Waals surface area contributed by atoms with E-state index in [1.165, 1.54) is 6.42 Å². The summed E-state index contributed by atoms with van der Waals surface area (Å²) < 4.78 is 1.57. The van der Waals surface area contributed by atoms with Gasteiger partial charge in [-0.2, -0.15) is 0 Å². The maximum Gasteiger partial charge on any atom is -0.412 e. The van der Waals surface area contributed by atoms with Crippen LogP contribution in [0.3, 0.4) is 0 Å². The fraction of sp³-hybridized carbons (Fsp3) is 1.00. The summed E-state index contributed by atoms with van der Waals surface area (Å²) in [7, 11) is 0. The largest absolute Gasteiger partial charge is 0.412 e. The Balaban J connectivity index is 0. The molecule has 0 aromatic rings. The molecule has 45 valence electrons. The molecule has 0 unspecified atom stereocenters. The Morgan fingerprint density at radius 1 is 1.29 bits per heavy atom. The van der Waals surface area contributed by atoms with Gasteiger partial charge in [0.1, 0.15) is 0 Å². The Hall–Kier alpha value is 0.759. The van der Waals surface area contributed by atoms with Crippen LogP contribution in [0.2, 0.25) is 14.3 Å². The van der Waals surface area contributed by atoms with Gasteiger partial charge in [0, 0.05) is 0 Å². The van der Waals surface area contributed by atoms with E-state index >= 15 is 0 Å². The zero-order chi connectivity index (χ0) is 4.99. The van der Waals surface area contributed by atoms with Crippen molar-refractivity contribution in [3.8, 4) is 0 Å². The van der Waals surface area contributed by atoms with E-state index in [2.05, 4.69) is 16.8 Å². The molecule has 1 nitrogen and oxygen atoms in total. The molecule has 0 atom stereocenters. The summed E-state index contributed by atoms with van der Waals surface area (Å²) in [5, 5.41) is 0. The Bertz CT molecular complexity index is 29.3. The topological polar surface area (TPSA) is 31.5 Å². The van der Waals surface area contributed by atoms with Crippen LogP contribution in [-0.4, -0.2) is 25.2 Å². The van der Waals surface area contributed by atoms with Crippen LogP contribution in [0.1, 0.15) is 13.3 Å². The van der Waals surface area contributed by atoms with E-state index in [1.807, 2.05) is 0 Å². The SMILES string of the molecule is CC[CH2][Sn]([CH3])[CH3].O. The van der Waals surface area contributed by atoms with Crippen molar-refractivity contribution < 1.29 is 5.48 Å². The van der Waals surface area contributed by atoms with Crippen LogP contribution in [0.5, 0.6) is 0 Å². The standard InChI is InChI=1S/C3H7.2CH3.H2O.Sn/c1-3-2;;;;/h1,3H2,2H3;2*1H3;1H2;. The molecule has 0 bridgehead atoms. The van der Waals surface area contributed by atoms with Crippen molar-refractivity contribution in [1.29, 1.82) is 0 Å². The summed E-state index contributed by atoms with van der Waals surface area (Å²) >= 11 is -0.615. The third kappa shape index (κ3) is 10.8. The molecule has 1 radical (unpaired) electrons. The second-order valence-electron chi connectivity index (χ2n) is 1.96. The first-order chi connectivity index (χ1) is 2.77. The van der Waals surface area contributed by atoms with Crippen LogP contribution in [0.25, 0.3) is 0 Å². The third-order valence-electron chi connectivity index (χ3n) is 0.750. The molecule has 0 saturated carbocycles. The van der Waals surface area contributed by atoms with Crippen LogP contribution >= 0.6 is 0 Å². The van der Waals surface area contributed by atoms with Gasteiger partial charge in [-0.05, 0) is 0 Å². The molecule has 0 aliphatic heterocycles. The van der Waals surface area contributed by atoms with Gasteiger partial charge in [0.15, 0.2) is 0 Å². The van der Waals surface area contributed by atoms with Gasteiger partial charge in [0.05, 0.1) is 0 Å². The van der Waals surface area contributed by atoms with Crippen molar-refractivity contribution in [3.05, 3.63) is 0 Å². The minimum absolute atomic E-state index is 0. The fourth-order valence-electron chi connectivity index (χ4n) is 0.500. The third-order valence-corrected chi connectivity index (χ3v) is 5.03. The molecule has 2 heteroatoms. The van der Waals surface area contributed by atoms with Gasteiger partial charge in [0.25, 0.3) is 0 Å². The van der Waals surface area contributed by atoms with Crippen LogP contribution in [0.15, 0.2) is 0 Å². The summed E-state index contributed by atoms with van der Waals surface area (Å²) in [6.45, 7) is 2.27. The van der Waals surface area contributed by atoms with Crippen LogP contribution in [-0.2, 0) is 0 Å². The monoisotopic (exact) mass is 211 g/mol. The molecule has 7 heavy (non-hydrogen) atoms. The molecule has 0 aliphatic carbocycles. The summed E-state index contributed by atoms with van der Waals surface area (Å²) in [4.78, 5) is 4.90. The van der Waals surface area contributed by atoms with Crippen molar-refractivity contribution in [2.45, 2.75) is 27.7 Å². The molecule has 0 saturated heterocycles. The Morgan fingerprint density at radius 3 is 1.71 bits per heavy atom. The Labute approximate surface area is 53.2 Å². The zero-order valence-electron chi connectivity index (χ0n) is 5.41. The van der Waals surface area contributed by atoms with E-state index in [-0.39, 0.29) is 5.48 Å².